The van der Waals surface area contributed by atoms with Gasteiger partial charge in [0.25, 0.3) is 5.69 Å². The molecule has 0 aliphatic carbocycles. The number of hydrogen-bond acceptors (Lipinski definition) is 7. The Morgan fingerprint density at radius 3 is 2.61 bits per heavy atom. The minimum atomic E-state index is -0.444. The van der Waals surface area contributed by atoms with Gasteiger partial charge in [-0.2, -0.15) is 0 Å². The Morgan fingerprint density at radius 2 is 1.91 bits per heavy atom. The SMILES string of the molecule is CCCCOc1ccc(CCC(=O)Nc2nc(-c3ccc([N+](=O)[O-])cc3)cs2)cc1OCC. The van der Waals surface area contributed by atoms with Crippen LogP contribution >= 0.6 is 11.3 Å². The molecule has 8 nitrogen and oxygen atoms in total. The van der Waals surface area contributed by atoms with Gasteiger partial charge in [0.15, 0.2) is 16.6 Å². The number of nitro groups is 1. The predicted octanol–water partition coefficient (Wildman–Crippen LogP) is 5.87. The van der Waals surface area contributed by atoms with E-state index in [4.69, 9.17) is 9.47 Å². The first kappa shape index (κ1) is 24.2. The van der Waals surface area contributed by atoms with Gasteiger partial charge in [0.1, 0.15) is 0 Å². The molecule has 0 aliphatic rings. The first-order chi connectivity index (χ1) is 16.0. The van der Waals surface area contributed by atoms with Gasteiger partial charge in [-0.3, -0.25) is 14.9 Å². The molecule has 0 fully saturated rings. The van der Waals surface area contributed by atoms with E-state index in [1.165, 1.54) is 23.5 Å². The van der Waals surface area contributed by atoms with Crippen molar-refractivity contribution in [3.63, 3.8) is 0 Å². The second-order valence-electron chi connectivity index (χ2n) is 7.31. The molecule has 2 aromatic carbocycles. The first-order valence-electron chi connectivity index (χ1n) is 10.9. The number of aromatic nitrogens is 1. The highest BCUT2D eigenvalue weighted by Crippen LogP contribution is 2.30. The third kappa shape index (κ3) is 7.01. The van der Waals surface area contributed by atoms with E-state index in [1.54, 1.807) is 12.1 Å². The zero-order valence-electron chi connectivity index (χ0n) is 18.7. The molecule has 0 spiro atoms. The van der Waals surface area contributed by atoms with Crippen LogP contribution in [0.2, 0.25) is 0 Å². The fraction of sp³-hybridized carbons (Fsp3) is 0.333. The van der Waals surface area contributed by atoms with Gasteiger partial charge in [-0.15, -0.1) is 11.3 Å². The molecule has 0 atom stereocenters. The fourth-order valence-electron chi connectivity index (χ4n) is 3.08. The average Bonchev–Trinajstić information content (AvgIpc) is 3.27. The van der Waals surface area contributed by atoms with Crippen LogP contribution in [0.1, 0.15) is 38.7 Å². The quantitative estimate of drug-likeness (QED) is 0.202. The number of hydrogen-bond donors (Lipinski definition) is 1. The van der Waals surface area contributed by atoms with Crippen LogP contribution in [0.15, 0.2) is 47.8 Å². The average molecular weight is 470 g/mol. The summed E-state index contributed by atoms with van der Waals surface area (Å²) in [4.78, 5) is 27.2. The van der Waals surface area contributed by atoms with Gasteiger partial charge in [-0.25, -0.2) is 4.98 Å². The minimum absolute atomic E-state index is 0.0237. The first-order valence-corrected chi connectivity index (χ1v) is 11.8. The van der Waals surface area contributed by atoms with Crippen molar-refractivity contribution in [3.05, 3.63) is 63.5 Å². The number of rotatable bonds is 12. The van der Waals surface area contributed by atoms with Crippen LogP contribution in [-0.4, -0.2) is 29.0 Å². The Morgan fingerprint density at radius 1 is 1.12 bits per heavy atom. The second-order valence-corrected chi connectivity index (χ2v) is 8.16. The Bertz CT molecular complexity index is 1080. The highest BCUT2D eigenvalue weighted by Gasteiger charge is 2.12. The van der Waals surface area contributed by atoms with Gasteiger partial charge in [0.05, 0.1) is 23.8 Å². The number of ether oxygens (including phenoxy) is 2. The molecule has 33 heavy (non-hydrogen) atoms. The lowest BCUT2D eigenvalue weighted by Gasteiger charge is -2.13. The molecule has 1 amide bonds. The van der Waals surface area contributed by atoms with Crippen LogP contribution in [0.5, 0.6) is 11.5 Å². The largest absolute Gasteiger partial charge is 0.490 e. The summed E-state index contributed by atoms with van der Waals surface area (Å²) in [6.07, 6.45) is 2.90. The van der Waals surface area contributed by atoms with Gasteiger partial charge in [-0.05, 0) is 49.6 Å². The molecular weight excluding hydrogens is 442 g/mol. The van der Waals surface area contributed by atoms with Crippen molar-refractivity contribution in [2.75, 3.05) is 18.5 Å². The molecule has 9 heteroatoms. The van der Waals surface area contributed by atoms with Crippen molar-refractivity contribution in [2.45, 2.75) is 39.5 Å². The van der Waals surface area contributed by atoms with E-state index in [0.717, 1.165) is 29.7 Å². The Labute approximate surface area is 196 Å². The summed E-state index contributed by atoms with van der Waals surface area (Å²) in [5.41, 5.74) is 2.42. The van der Waals surface area contributed by atoms with Gasteiger partial charge in [0, 0.05) is 29.5 Å². The van der Waals surface area contributed by atoms with Crippen molar-refractivity contribution in [2.24, 2.45) is 0 Å². The minimum Gasteiger partial charge on any atom is -0.490 e. The monoisotopic (exact) mass is 469 g/mol. The molecule has 1 heterocycles. The molecular formula is C24H27N3O5S. The molecule has 0 aliphatic heterocycles. The zero-order chi connectivity index (χ0) is 23.6. The normalized spacial score (nSPS) is 10.6. The van der Waals surface area contributed by atoms with Crippen LogP contribution in [-0.2, 0) is 11.2 Å². The lowest BCUT2D eigenvalue weighted by Crippen LogP contribution is -2.12. The highest BCUT2D eigenvalue weighted by atomic mass is 32.1. The van der Waals surface area contributed by atoms with Crippen molar-refractivity contribution < 1.29 is 19.2 Å². The molecule has 0 saturated heterocycles. The highest BCUT2D eigenvalue weighted by molar-refractivity contribution is 7.14. The molecule has 174 valence electrons. The molecule has 1 N–H and O–H groups in total. The number of nitro benzene ring substituents is 1. The number of carbonyl (C=O) groups excluding carboxylic acids is 1. The maximum atomic E-state index is 12.4. The topological polar surface area (TPSA) is 104 Å². The number of non-ortho nitro benzene ring substituents is 1. The number of amides is 1. The fourth-order valence-corrected chi connectivity index (χ4v) is 3.82. The number of nitrogens with one attached hydrogen (secondary N) is 1. The van der Waals surface area contributed by atoms with Crippen LogP contribution in [0, 0.1) is 10.1 Å². The summed E-state index contributed by atoms with van der Waals surface area (Å²) >= 11 is 1.31. The molecule has 0 radical (unpaired) electrons. The zero-order valence-corrected chi connectivity index (χ0v) is 19.5. The summed E-state index contributed by atoms with van der Waals surface area (Å²) in [6, 6.07) is 11.9. The summed E-state index contributed by atoms with van der Waals surface area (Å²) in [7, 11) is 0. The lowest BCUT2D eigenvalue weighted by atomic mass is 10.1. The van der Waals surface area contributed by atoms with E-state index >= 15 is 0 Å². The second kappa shape index (κ2) is 12.0. The summed E-state index contributed by atoms with van der Waals surface area (Å²) in [5, 5.41) is 15.9. The van der Waals surface area contributed by atoms with Gasteiger partial charge >= 0.3 is 0 Å². The third-order valence-corrected chi connectivity index (χ3v) is 5.59. The molecule has 1 aromatic heterocycles. The number of anilines is 1. The smallest absolute Gasteiger partial charge is 0.269 e. The summed E-state index contributed by atoms with van der Waals surface area (Å²) in [5.74, 6) is 1.28. The number of carbonyl (C=O) groups is 1. The van der Waals surface area contributed by atoms with Crippen molar-refractivity contribution >= 4 is 28.1 Å². The maximum absolute atomic E-state index is 12.4. The Balaban J connectivity index is 1.56. The van der Waals surface area contributed by atoms with E-state index in [1.807, 2.05) is 30.5 Å². The summed E-state index contributed by atoms with van der Waals surface area (Å²) in [6.45, 7) is 5.22. The third-order valence-electron chi connectivity index (χ3n) is 4.83. The van der Waals surface area contributed by atoms with E-state index in [2.05, 4.69) is 17.2 Å². The Kier molecular flexibility index (Phi) is 8.77. The molecule has 3 aromatic rings. The molecule has 0 saturated carbocycles. The van der Waals surface area contributed by atoms with Gasteiger partial charge < -0.3 is 14.8 Å². The van der Waals surface area contributed by atoms with Crippen LogP contribution in [0.3, 0.4) is 0 Å². The van der Waals surface area contributed by atoms with Gasteiger partial charge in [-0.1, -0.05) is 19.4 Å². The molecule has 3 rings (SSSR count). The predicted molar refractivity (Wildman–Crippen MR) is 129 cm³/mol. The van der Waals surface area contributed by atoms with Crippen molar-refractivity contribution in [1.82, 2.24) is 4.98 Å². The number of unbranched alkanes of at least 4 members (excludes halogenated alkanes) is 1. The van der Waals surface area contributed by atoms with Gasteiger partial charge in [0.2, 0.25) is 5.91 Å². The number of aryl methyl sites for hydroxylation is 1. The standard InChI is InChI=1S/C24H27N3O5S/c1-3-5-14-32-21-12-6-17(15-22(21)31-4-2)7-13-23(28)26-24-25-20(16-33-24)18-8-10-19(11-9-18)27(29)30/h6,8-12,15-16H,3-5,7,13-14H2,1-2H3,(H,25,26,28). The van der Waals surface area contributed by atoms with Crippen LogP contribution in [0.25, 0.3) is 11.3 Å². The van der Waals surface area contributed by atoms with E-state index in [9.17, 15) is 14.9 Å². The molecule has 0 bridgehead atoms. The van der Waals surface area contributed by atoms with E-state index < -0.39 is 4.92 Å². The lowest BCUT2D eigenvalue weighted by molar-refractivity contribution is -0.384. The Hall–Kier alpha value is -3.46. The van der Waals surface area contributed by atoms with Crippen molar-refractivity contribution in [1.29, 1.82) is 0 Å². The van der Waals surface area contributed by atoms with Crippen molar-refractivity contribution in [3.8, 4) is 22.8 Å². The maximum Gasteiger partial charge on any atom is 0.269 e. The number of thiazole rings is 1. The summed E-state index contributed by atoms with van der Waals surface area (Å²) < 4.78 is 11.5. The number of nitrogens with zero attached hydrogens (tertiary/aromatic N) is 2. The van der Waals surface area contributed by atoms with E-state index in [-0.39, 0.29) is 11.6 Å². The van der Waals surface area contributed by atoms with E-state index in [0.29, 0.717) is 42.6 Å². The molecule has 0 unspecified atom stereocenters. The van der Waals surface area contributed by atoms with Crippen LogP contribution in [0.4, 0.5) is 10.8 Å². The van der Waals surface area contributed by atoms with Crippen LogP contribution < -0.4 is 14.8 Å². The number of benzene rings is 2.